The predicted molar refractivity (Wildman–Crippen MR) is 169 cm³/mol. The van der Waals surface area contributed by atoms with Crippen LogP contribution in [-0.4, -0.2) is 27.0 Å². The lowest BCUT2D eigenvalue weighted by Gasteiger charge is -2.30. The van der Waals surface area contributed by atoms with Crippen molar-refractivity contribution in [3.8, 4) is 11.5 Å². The lowest BCUT2D eigenvalue weighted by atomic mass is 9.87. The number of rotatable bonds is 0. The van der Waals surface area contributed by atoms with Gasteiger partial charge in [-0.1, -0.05) is 60.7 Å². The van der Waals surface area contributed by atoms with E-state index in [4.69, 9.17) is 9.47 Å². The second-order valence-electron chi connectivity index (χ2n) is 13.2. The first kappa shape index (κ1) is 22.4. The molecular weight excluding hydrogens is 542 g/mol. The lowest BCUT2D eigenvalue weighted by molar-refractivity contribution is -0.699. The number of pyridine rings is 1. The van der Waals surface area contributed by atoms with Gasteiger partial charge in [-0.3, -0.25) is 0 Å². The van der Waals surface area contributed by atoms with Gasteiger partial charge in [0.2, 0.25) is 5.54 Å². The van der Waals surface area contributed by atoms with E-state index in [1.807, 2.05) is 0 Å². The Labute approximate surface area is 252 Å². The molecule has 0 saturated heterocycles. The Hall–Kier alpha value is -5.16. The summed E-state index contributed by atoms with van der Waals surface area (Å²) in [6.07, 6.45) is 1.84. The van der Waals surface area contributed by atoms with Crippen LogP contribution in [0.3, 0.4) is 0 Å². The third-order valence-electron chi connectivity index (χ3n) is 11.4. The zero-order chi connectivity index (χ0) is 28.3. The van der Waals surface area contributed by atoms with E-state index in [1.165, 1.54) is 66.2 Å². The van der Waals surface area contributed by atoms with Crippen molar-refractivity contribution in [1.82, 2.24) is 4.40 Å². The topological polar surface area (TPSA) is 29.8 Å². The highest BCUT2D eigenvalue weighted by atomic mass is 16.5. The molecule has 3 unspecified atom stereocenters. The normalized spacial score (nSPS) is 23.5. The maximum absolute atomic E-state index is 6.98. The second kappa shape index (κ2) is 7.31. The van der Waals surface area contributed by atoms with Crippen molar-refractivity contribution in [2.24, 2.45) is 0 Å². The van der Waals surface area contributed by atoms with Gasteiger partial charge in [-0.15, -0.1) is 0 Å². The van der Waals surface area contributed by atoms with Crippen LogP contribution in [0.15, 0.2) is 103 Å². The van der Waals surface area contributed by atoms with E-state index in [2.05, 4.69) is 117 Å². The number of fused-ring (bicyclic) bond motifs is 9. The second-order valence-corrected chi connectivity index (χ2v) is 13.2. The number of hydrogen-bond acceptors (Lipinski definition) is 2. The van der Waals surface area contributed by atoms with Gasteiger partial charge in [0.05, 0.1) is 17.6 Å². The molecule has 5 aromatic carbocycles. The summed E-state index contributed by atoms with van der Waals surface area (Å²) in [7, 11) is 0. The summed E-state index contributed by atoms with van der Waals surface area (Å²) < 4.78 is 21.7. The van der Waals surface area contributed by atoms with Gasteiger partial charge in [-0.2, -0.15) is 8.98 Å². The van der Waals surface area contributed by atoms with Crippen LogP contribution in [-0.2, 0) is 24.1 Å². The summed E-state index contributed by atoms with van der Waals surface area (Å²) in [6, 6.07) is 38.2. The molecule has 2 bridgehead atoms. The highest BCUT2D eigenvalue weighted by Gasteiger charge is 2.83. The van der Waals surface area contributed by atoms with E-state index in [1.54, 1.807) is 0 Å². The fraction of sp³-hybridized carbons (Fsp3) is 0.179. The van der Waals surface area contributed by atoms with E-state index in [0.29, 0.717) is 6.61 Å². The monoisotopic (exact) mass is 569 g/mol. The Kier molecular flexibility index (Phi) is 3.72. The van der Waals surface area contributed by atoms with E-state index in [9.17, 15) is 0 Å². The zero-order valence-electron chi connectivity index (χ0n) is 24.0. The SMILES string of the molecule is c1ccc2c(c1)CCOC1=[N+](C2)C23Cc4c(cccc41)Oc1ccc4c5ccccc5n5c6ccccc6[n+]6c5c4c1C2C63. The van der Waals surface area contributed by atoms with Crippen LogP contribution >= 0.6 is 0 Å². The van der Waals surface area contributed by atoms with Gasteiger partial charge < -0.3 is 9.47 Å². The molecule has 1 fully saturated rings. The van der Waals surface area contributed by atoms with Gasteiger partial charge in [0.25, 0.3) is 5.65 Å². The number of para-hydroxylation sites is 3. The molecule has 5 nitrogen and oxygen atoms in total. The molecule has 44 heavy (non-hydrogen) atoms. The maximum Gasteiger partial charge on any atom is 0.371 e. The highest BCUT2D eigenvalue weighted by molar-refractivity contribution is 6.15. The van der Waals surface area contributed by atoms with Crippen molar-refractivity contribution in [2.75, 3.05) is 6.61 Å². The minimum Gasteiger partial charge on any atom is -0.457 e. The summed E-state index contributed by atoms with van der Waals surface area (Å²) >= 11 is 0. The number of imidazole rings is 1. The number of aromatic nitrogens is 2. The molecule has 2 aromatic heterocycles. The molecule has 4 aliphatic heterocycles. The van der Waals surface area contributed by atoms with Crippen LogP contribution < -0.4 is 9.30 Å². The smallest absolute Gasteiger partial charge is 0.371 e. The van der Waals surface area contributed by atoms with Crippen LogP contribution in [0.2, 0.25) is 0 Å². The van der Waals surface area contributed by atoms with Crippen LogP contribution in [0.4, 0.5) is 0 Å². The molecule has 5 aliphatic rings. The van der Waals surface area contributed by atoms with Gasteiger partial charge in [0.1, 0.15) is 22.9 Å². The van der Waals surface area contributed by atoms with Crippen LogP contribution in [0.1, 0.15) is 39.8 Å². The number of benzene rings is 5. The molecule has 6 heterocycles. The molecule has 1 saturated carbocycles. The van der Waals surface area contributed by atoms with Crippen molar-refractivity contribution in [3.05, 3.63) is 131 Å². The average molecular weight is 570 g/mol. The van der Waals surface area contributed by atoms with E-state index < -0.39 is 0 Å². The Bertz CT molecular complexity index is 2540. The van der Waals surface area contributed by atoms with Crippen molar-refractivity contribution < 1.29 is 18.6 Å². The van der Waals surface area contributed by atoms with Gasteiger partial charge in [-0.25, -0.2) is 4.57 Å². The molecular formula is C39H27N3O2+2. The number of nitrogens with zero attached hydrogens (tertiary/aromatic N) is 3. The average Bonchev–Trinajstić information content (AvgIpc) is 3.53. The molecule has 0 N–H and O–H groups in total. The number of hydrogen-bond donors (Lipinski definition) is 0. The molecule has 1 spiro atoms. The van der Waals surface area contributed by atoms with Gasteiger partial charge in [-0.05, 0) is 48.0 Å². The Morgan fingerprint density at radius 1 is 0.750 bits per heavy atom. The third-order valence-corrected chi connectivity index (χ3v) is 11.4. The molecule has 5 heteroatoms. The first-order chi connectivity index (χ1) is 21.8. The maximum atomic E-state index is 6.98. The van der Waals surface area contributed by atoms with Crippen LogP contribution in [0, 0.1) is 0 Å². The summed E-state index contributed by atoms with van der Waals surface area (Å²) in [5, 5.41) is 3.91. The largest absolute Gasteiger partial charge is 0.457 e. The molecule has 7 aromatic rings. The van der Waals surface area contributed by atoms with Gasteiger partial charge >= 0.3 is 5.90 Å². The summed E-state index contributed by atoms with van der Waals surface area (Å²) in [6.45, 7) is 1.50. The summed E-state index contributed by atoms with van der Waals surface area (Å²) in [5.74, 6) is 3.25. The highest BCUT2D eigenvalue weighted by Crippen LogP contribution is 2.70. The third kappa shape index (κ3) is 2.35. The minimum absolute atomic E-state index is 0.184. The van der Waals surface area contributed by atoms with Crippen molar-refractivity contribution >= 4 is 44.3 Å². The Morgan fingerprint density at radius 3 is 2.55 bits per heavy atom. The fourth-order valence-corrected chi connectivity index (χ4v) is 9.67. The zero-order valence-corrected chi connectivity index (χ0v) is 24.0. The Morgan fingerprint density at radius 2 is 1.59 bits per heavy atom. The Balaban J connectivity index is 1.29. The minimum atomic E-state index is -0.184. The van der Waals surface area contributed by atoms with E-state index in [-0.39, 0.29) is 17.5 Å². The van der Waals surface area contributed by atoms with Crippen molar-refractivity contribution in [2.45, 2.75) is 36.9 Å². The predicted octanol–water partition coefficient (Wildman–Crippen LogP) is 6.97. The van der Waals surface area contributed by atoms with Gasteiger partial charge in [0, 0.05) is 40.3 Å². The molecule has 3 atom stereocenters. The van der Waals surface area contributed by atoms with E-state index >= 15 is 0 Å². The van der Waals surface area contributed by atoms with E-state index in [0.717, 1.165) is 36.8 Å². The molecule has 0 amide bonds. The van der Waals surface area contributed by atoms with Crippen molar-refractivity contribution in [1.29, 1.82) is 0 Å². The summed E-state index contributed by atoms with van der Waals surface area (Å²) in [4.78, 5) is 0. The summed E-state index contributed by atoms with van der Waals surface area (Å²) in [5.41, 5.74) is 11.5. The number of ether oxygens (including phenoxy) is 2. The standard InChI is InChI=1S/C39H27N3O2/c1-2-9-23-21-40-38(43-19-18-22(23)8-1)26-11-7-15-31-27(26)20-39(40)35-34-32(44-31)17-16-25-24-10-3-4-12-28(24)41-29-13-5-6-14-30(29)42(36(35)39)37(41)33(25)34/h1-17,35-36H,18-21H2/q+2. The first-order valence-corrected chi connectivity index (χ1v) is 15.8. The van der Waals surface area contributed by atoms with Crippen LogP contribution in [0.25, 0.3) is 38.4 Å². The quantitative estimate of drug-likeness (QED) is 0.146. The molecule has 12 rings (SSSR count). The van der Waals surface area contributed by atoms with Crippen LogP contribution in [0.5, 0.6) is 11.5 Å². The first-order valence-electron chi connectivity index (χ1n) is 15.8. The molecule has 208 valence electrons. The van der Waals surface area contributed by atoms with Gasteiger partial charge in [0.15, 0.2) is 23.6 Å². The molecule has 0 radical (unpaired) electrons. The molecule has 1 aliphatic carbocycles. The fourth-order valence-electron chi connectivity index (χ4n) is 9.67. The van der Waals surface area contributed by atoms with Crippen molar-refractivity contribution in [3.63, 3.8) is 0 Å². The lowest BCUT2D eigenvalue weighted by Crippen LogP contribution is -2.48.